The highest BCUT2D eigenvalue weighted by Crippen LogP contribution is 2.46. The van der Waals surface area contributed by atoms with Crippen LogP contribution in [-0.4, -0.2) is 28.2 Å². The summed E-state index contributed by atoms with van der Waals surface area (Å²) in [4.78, 5) is 14.8. The summed E-state index contributed by atoms with van der Waals surface area (Å²) < 4.78 is 0. The number of amides is 1. The normalized spacial score (nSPS) is 17.3. The van der Waals surface area contributed by atoms with Crippen LogP contribution >= 0.6 is 12.4 Å². The molecule has 0 fully saturated rings. The Bertz CT molecular complexity index is 1320. The van der Waals surface area contributed by atoms with Crippen LogP contribution in [0.15, 0.2) is 102 Å². The molecule has 5 nitrogen and oxygen atoms in total. The van der Waals surface area contributed by atoms with Crippen molar-refractivity contribution in [3.8, 4) is 0 Å². The molecule has 4 rings (SSSR count). The van der Waals surface area contributed by atoms with Crippen molar-refractivity contribution in [2.45, 2.75) is 52.6 Å². The smallest absolute Gasteiger partial charge is 0.408 e. The maximum Gasteiger partial charge on any atom is 0.408 e. The SMILES string of the molecule is Cc1ccc(C2=C(NC(=O)O)C(C)(Cc3ccccc3)N(Cc3ccccc3)C(CC(C)C)=C2CN)cc1.Cl. The Balaban J connectivity index is 0.00000420. The van der Waals surface area contributed by atoms with Crippen molar-refractivity contribution >= 4 is 24.1 Å². The molecule has 1 aliphatic rings. The van der Waals surface area contributed by atoms with Gasteiger partial charge in [-0.2, -0.15) is 0 Å². The van der Waals surface area contributed by atoms with Crippen LogP contribution in [0.3, 0.4) is 0 Å². The molecular formula is C33H40ClN3O2. The van der Waals surface area contributed by atoms with Crippen LogP contribution in [-0.2, 0) is 13.0 Å². The van der Waals surface area contributed by atoms with Gasteiger partial charge in [0.2, 0.25) is 0 Å². The van der Waals surface area contributed by atoms with Crippen LogP contribution in [0.4, 0.5) is 4.79 Å². The highest BCUT2D eigenvalue weighted by molar-refractivity contribution is 5.87. The van der Waals surface area contributed by atoms with E-state index in [1.807, 2.05) is 36.4 Å². The molecule has 0 aromatic heterocycles. The second kappa shape index (κ2) is 13.0. The lowest BCUT2D eigenvalue weighted by atomic mass is 9.76. The number of halogens is 1. The molecule has 3 aromatic rings. The van der Waals surface area contributed by atoms with E-state index in [1.165, 1.54) is 5.70 Å². The van der Waals surface area contributed by atoms with Gasteiger partial charge < -0.3 is 15.7 Å². The van der Waals surface area contributed by atoms with Crippen molar-refractivity contribution in [1.82, 2.24) is 10.2 Å². The number of benzene rings is 3. The first kappa shape index (κ1) is 30.0. The fourth-order valence-electron chi connectivity index (χ4n) is 5.56. The van der Waals surface area contributed by atoms with E-state index in [1.54, 1.807) is 0 Å². The molecule has 6 heteroatoms. The zero-order valence-electron chi connectivity index (χ0n) is 23.3. The zero-order chi connectivity index (χ0) is 27.3. The second-order valence-corrected chi connectivity index (χ2v) is 10.8. The van der Waals surface area contributed by atoms with Gasteiger partial charge in [-0.3, -0.25) is 5.32 Å². The molecule has 206 valence electrons. The van der Waals surface area contributed by atoms with Gasteiger partial charge in [0.1, 0.15) is 0 Å². The first-order chi connectivity index (χ1) is 18.2. The Labute approximate surface area is 238 Å². The van der Waals surface area contributed by atoms with Gasteiger partial charge in [-0.05, 0) is 48.4 Å². The lowest BCUT2D eigenvalue weighted by Gasteiger charge is -2.51. The molecule has 1 atom stereocenters. The monoisotopic (exact) mass is 545 g/mol. The minimum Gasteiger partial charge on any atom is -0.465 e. The average Bonchev–Trinajstić information content (AvgIpc) is 2.89. The third-order valence-electron chi connectivity index (χ3n) is 7.31. The standard InChI is InChI=1S/C33H39N3O2.ClH/c1-23(2)19-29-28(21-34)30(27-17-15-24(3)16-18-27)31(35-32(37)38)33(4,20-25-11-7-5-8-12-25)36(29)22-26-13-9-6-10-14-26;/h5-18,23,35H,19-22,34H2,1-4H3,(H,37,38);1H. The first-order valence-electron chi connectivity index (χ1n) is 13.3. The summed E-state index contributed by atoms with van der Waals surface area (Å²) in [6.45, 7) is 9.61. The third kappa shape index (κ3) is 6.73. The summed E-state index contributed by atoms with van der Waals surface area (Å²) in [5.41, 5.74) is 14.0. The van der Waals surface area contributed by atoms with Crippen LogP contribution < -0.4 is 11.1 Å². The highest BCUT2D eigenvalue weighted by atomic mass is 35.5. The minimum atomic E-state index is -1.08. The molecule has 3 aromatic carbocycles. The molecule has 0 saturated carbocycles. The van der Waals surface area contributed by atoms with Crippen molar-refractivity contribution in [2.24, 2.45) is 11.7 Å². The number of hydrogen-bond donors (Lipinski definition) is 3. The topological polar surface area (TPSA) is 78.6 Å². The predicted molar refractivity (Wildman–Crippen MR) is 163 cm³/mol. The van der Waals surface area contributed by atoms with Gasteiger partial charge in [0.25, 0.3) is 0 Å². The summed E-state index contributed by atoms with van der Waals surface area (Å²) in [5, 5.41) is 13.0. The number of hydrogen-bond acceptors (Lipinski definition) is 3. The van der Waals surface area contributed by atoms with Crippen molar-refractivity contribution < 1.29 is 9.90 Å². The Kier molecular flexibility index (Phi) is 10.0. The molecule has 0 radical (unpaired) electrons. The molecule has 39 heavy (non-hydrogen) atoms. The van der Waals surface area contributed by atoms with E-state index < -0.39 is 11.6 Å². The molecule has 1 heterocycles. The fourth-order valence-corrected chi connectivity index (χ4v) is 5.56. The minimum absolute atomic E-state index is 0. The molecule has 4 N–H and O–H groups in total. The Morgan fingerprint density at radius 1 is 0.949 bits per heavy atom. The molecule has 0 bridgehead atoms. The molecular weight excluding hydrogens is 506 g/mol. The Hall–Kier alpha value is -3.54. The number of carboxylic acid groups (broad SMARTS) is 1. The average molecular weight is 546 g/mol. The lowest BCUT2D eigenvalue weighted by Crippen LogP contribution is -2.55. The number of nitrogens with zero attached hydrogens (tertiary/aromatic N) is 1. The Morgan fingerprint density at radius 2 is 1.51 bits per heavy atom. The van der Waals surface area contributed by atoms with Crippen molar-refractivity contribution in [1.29, 1.82) is 0 Å². The van der Waals surface area contributed by atoms with Gasteiger partial charge >= 0.3 is 6.09 Å². The Morgan fingerprint density at radius 3 is 2.03 bits per heavy atom. The summed E-state index contributed by atoms with van der Waals surface area (Å²) in [5.74, 6) is 0.388. The van der Waals surface area contributed by atoms with Gasteiger partial charge in [-0.25, -0.2) is 4.79 Å². The third-order valence-corrected chi connectivity index (χ3v) is 7.31. The van der Waals surface area contributed by atoms with Gasteiger partial charge in [0.05, 0.1) is 11.2 Å². The van der Waals surface area contributed by atoms with Crippen LogP contribution in [0.2, 0.25) is 0 Å². The second-order valence-electron chi connectivity index (χ2n) is 10.8. The number of aryl methyl sites for hydroxylation is 1. The number of nitrogens with two attached hydrogens (primary N) is 1. The number of carbonyl (C=O) groups is 1. The molecule has 0 saturated heterocycles. The van der Waals surface area contributed by atoms with Crippen LogP contribution in [0.1, 0.15) is 49.4 Å². The summed E-state index contributed by atoms with van der Waals surface area (Å²) in [7, 11) is 0. The van der Waals surface area contributed by atoms with Crippen molar-refractivity contribution in [3.05, 3.63) is 124 Å². The molecule has 1 aliphatic heterocycles. The van der Waals surface area contributed by atoms with E-state index in [-0.39, 0.29) is 12.4 Å². The molecule has 1 unspecified atom stereocenters. The maximum atomic E-state index is 12.3. The van der Waals surface area contributed by atoms with Crippen LogP contribution in [0, 0.1) is 12.8 Å². The van der Waals surface area contributed by atoms with E-state index >= 15 is 0 Å². The summed E-state index contributed by atoms with van der Waals surface area (Å²) in [6, 6.07) is 29.0. The van der Waals surface area contributed by atoms with Crippen molar-refractivity contribution in [2.75, 3.05) is 6.54 Å². The summed E-state index contributed by atoms with van der Waals surface area (Å²) >= 11 is 0. The first-order valence-corrected chi connectivity index (χ1v) is 13.3. The van der Waals surface area contributed by atoms with Crippen molar-refractivity contribution in [3.63, 3.8) is 0 Å². The fraction of sp³-hybridized carbons (Fsp3) is 0.303. The van der Waals surface area contributed by atoms with E-state index in [2.05, 4.69) is 86.4 Å². The maximum absolute atomic E-state index is 12.3. The van der Waals surface area contributed by atoms with Gasteiger partial charge in [0, 0.05) is 30.8 Å². The lowest BCUT2D eigenvalue weighted by molar-refractivity contribution is 0.144. The number of rotatable bonds is 9. The van der Waals surface area contributed by atoms with Crippen LogP contribution in [0.25, 0.3) is 5.57 Å². The quantitative estimate of drug-likeness (QED) is 0.266. The van der Waals surface area contributed by atoms with E-state index in [9.17, 15) is 9.90 Å². The zero-order valence-corrected chi connectivity index (χ0v) is 24.1. The molecule has 1 amide bonds. The molecule has 0 aliphatic carbocycles. The van der Waals surface area contributed by atoms with E-state index in [0.717, 1.165) is 39.8 Å². The van der Waals surface area contributed by atoms with Crippen LogP contribution in [0.5, 0.6) is 0 Å². The number of allylic oxidation sites excluding steroid dienone is 1. The predicted octanol–water partition coefficient (Wildman–Crippen LogP) is 7.17. The largest absolute Gasteiger partial charge is 0.465 e. The van der Waals surface area contributed by atoms with Gasteiger partial charge in [-0.1, -0.05) is 104 Å². The highest BCUT2D eigenvalue weighted by Gasteiger charge is 2.45. The number of nitrogens with one attached hydrogen (secondary N) is 1. The van der Waals surface area contributed by atoms with E-state index in [0.29, 0.717) is 31.1 Å². The summed E-state index contributed by atoms with van der Waals surface area (Å²) in [6.07, 6.45) is 0.386. The van der Waals surface area contributed by atoms with Gasteiger partial charge in [0.15, 0.2) is 0 Å². The van der Waals surface area contributed by atoms with Gasteiger partial charge in [-0.15, -0.1) is 12.4 Å². The van der Waals surface area contributed by atoms with E-state index in [4.69, 9.17) is 5.73 Å². The molecule has 0 spiro atoms.